The van der Waals surface area contributed by atoms with Crippen molar-refractivity contribution in [1.29, 1.82) is 0 Å². The Labute approximate surface area is 122 Å². The fraction of sp³-hybridized carbons (Fsp3) is 0.556. The van der Waals surface area contributed by atoms with Gasteiger partial charge in [0.1, 0.15) is 5.75 Å². The molecule has 0 radical (unpaired) electrons. The number of fused-ring (bicyclic) bond motifs is 1. The second-order valence-electron chi connectivity index (χ2n) is 6.10. The number of allylic oxidation sites excluding steroid dienone is 2. The predicted molar refractivity (Wildman–Crippen MR) is 83.1 cm³/mol. The van der Waals surface area contributed by atoms with Crippen molar-refractivity contribution in [3.63, 3.8) is 0 Å². The van der Waals surface area contributed by atoms with Gasteiger partial charge in [-0.05, 0) is 57.1 Å². The summed E-state index contributed by atoms with van der Waals surface area (Å²) in [6.07, 6.45) is 10.8. The van der Waals surface area contributed by atoms with Crippen molar-refractivity contribution in [3.8, 4) is 5.75 Å². The second-order valence-corrected chi connectivity index (χ2v) is 6.10. The van der Waals surface area contributed by atoms with Crippen molar-refractivity contribution >= 4 is 0 Å². The van der Waals surface area contributed by atoms with Gasteiger partial charge >= 0.3 is 0 Å². The maximum atomic E-state index is 5.95. The first-order valence-corrected chi connectivity index (χ1v) is 7.95. The van der Waals surface area contributed by atoms with Crippen molar-refractivity contribution in [2.24, 2.45) is 5.92 Å². The lowest BCUT2D eigenvalue weighted by molar-refractivity contribution is 0.312. The smallest absolute Gasteiger partial charge is 0.126 e. The number of rotatable bonds is 3. The van der Waals surface area contributed by atoms with Gasteiger partial charge in [0.2, 0.25) is 0 Å². The van der Waals surface area contributed by atoms with E-state index < -0.39 is 0 Å². The van der Waals surface area contributed by atoms with Crippen molar-refractivity contribution in [2.75, 3.05) is 13.2 Å². The Morgan fingerprint density at radius 1 is 1.25 bits per heavy atom. The lowest BCUT2D eigenvalue weighted by Gasteiger charge is -2.24. The summed E-state index contributed by atoms with van der Waals surface area (Å²) in [7, 11) is 0. The van der Waals surface area contributed by atoms with Gasteiger partial charge in [0.25, 0.3) is 0 Å². The van der Waals surface area contributed by atoms with E-state index in [1.165, 1.54) is 36.8 Å². The normalized spacial score (nSPS) is 25.6. The highest BCUT2D eigenvalue weighted by Crippen LogP contribution is 2.34. The lowest BCUT2D eigenvalue weighted by atomic mass is 9.93. The summed E-state index contributed by atoms with van der Waals surface area (Å²) in [5.74, 6) is 1.92. The summed E-state index contributed by atoms with van der Waals surface area (Å²) in [6.45, 7) is 4.12. The summed E-state index contributed by atoms with van der Waals surface area (Å²) in [5, 5.41) is 3.80. The Bertz CT molecular complexity index is 480. The second kappa shape index (κ2) is 6.45. The molecule has 2 atom stereocenters. The van der Waals surface area contributed by atoms with E-state index in [4.69, 9.17) is 4.74 Å². The Kier molecular flexibility index (Phi) is 4.41. The van der Waals surface area contributed by atoms with Crippen molar-refractivity contribution in [2.45, 2.75) is 45.1 Å². The van der Waals surface area contributed by atoms with E-state index in [-0.39, 0.29) is 0 Å². The number of nitrogens with one attached hydrogen (secondary N) is 1. The van der Waals surface area contributed by atoms with E-state index in [9.17, 15) is 0 Å². The Balaban J connectivity index is 1.70. The number of para-hydroxylation sites is 1. The van der Waals surface area contributed by atoms with Crippen LogP contribution in [0.2, 0.25) is 0 Å². The third kappa shape index (κ3) is 3.06. The average molecular weight is 271 g/mol. The average Bonchev–Trinajstić information content (AvgIpc) is 2.70. The highest BCUT2D eigenvalue weighted by atomic mass is 16.5. The molecule has 1 aromatic carbocycles. The molecule has 2 unspecified atom stereocenters. The molecular formula is C18H25NO. The SMILES string of the molecule is Cc1cccc2c1OCCCC2NCC1CC=CCC1. The molecule has 0 spiro atoms. The third-order valence-electron chi connectivity index (χ3n) is 4.53. The van der Waals surface area contributed by atoms with Gasteiger partial charge < -0.3 is 10.1 Å². The number of benzene rings is 1. The zero-order chi connectivity index (χ0) is 13.8. The highest BCUT2D eigenvalue weighted by molar-refractivity contribution is 5.43. The van der Waals surface area contributed by atoms with Crippen LogP contribution >= 0.6 is 0 Å². The minimum Gasteiger partial charge on any atom is -0.493 e. The van der Waals surface area contributed by atoms with Crippen molar-refractivity contribution in [3.05, 3.63) is 41.5 Å². The molecule has 3 rings (SSSR count). The van der Waals surface area contributed by atoms with Gasteiger partial charge in [-0.3, -0.25) is 0 Å². The fourth-order valence-corrected chi connectivity index (χ4v) is 3.33. The van der Waals surface area contributed by atoms with Crippen LogP contribution in [-0.2, 0) is 0 Å². The first kappa shape index (κ1) is 13.7. The van der Waals surface area contributed by atoms with Gasteiger partial charge in [0.05, 0.1) is 6.61 Å². The Hall–Kier alpha value is -1.28. The quantitative estimate of drug-likeness (QED) is 0.834. The van der Waals surface area contributed by atoms with E-state index in [1.54, 1.807) is 0 Å². The van der Waals surface area contributed by atoms with Gasteiger partial charge in [-0.2, -0.15) is 0 Å². The van der Waals surface area contributed by atoms with Gasteiger partial charge in [0, 0.05) is 11.6 Å². The molecule has 1 aromatic rings. The van der Waals surface area contributed by atoms with Crippen LogP contribution in [0.1, 0.15) is 49.3 Å². The summed E-state index contributed by atoms with van der Waals surface area (Å²) in [6, 6.07) is 6.98. The molecule has 0 amide bonds. The number of ether oxygens (including phenoxy) is 1. The summed E-state index contributed by atoms with van der Waals surface area (Å²) in [4.78, 5) is 0. The topological polar surface area (TPSA) is 21.3 Å². The largest absolute Gasteiger partial charge is 0.493 e. The third-order valence-corrected chi connectivity index (χ3v) is 4.53. The molecule has 0 bridgehead atoms. The Morgan fingerprint density at radius 2 is 2.20 bits per heavy atom. The molecule has 0 aromatic heterocycles. The molecule has 1 N–H and O–H groups in total. The van der Waals surface area contributed by atoms with Crippen LogP contribution in [0.25, 0.3) is 0 Å². The molecule has 0 saturated heterocycles. The molecule has 1 aliphatic heterocycles. The van der Waals surface area contributed by atoms with Gasteiger partial charge in [-0.15, -0.1) is 0 Å². The standard InChI is InChI=1S/C18H25NO/c1-14-7-5-10-16-17(11-6-12-20-18(14)16)19-13-15-8-3-2-4-9-15/h2-3,5,7,10,15,17,19H,4,6,8-9,11-13H2,1H3. The van der Waals surface area contributed by atoms with E-state index >= 15 is 0 Å². The van der Waals surface area contributed by atoms with Crippen LogP contribution in [0.15, 0.2) is 30.4 Å². The molecule has 108 valence electrons. The van der Waals surface area contributed by atoms with E-state index in [2.05, 4.69) is 42.6 Å². The minimum absolute atomic E-state index is 0.457. The monoisotopic (exact) mass is 271 g/mol. The van der Waals surface area contributed by atoms with Crippen LogP contribution in [0.4, 0.5) is 0 Å². The predicted octanol–water partition coefficient (Wildman–Crippen LogP) is 4.15. The maximum absolute atomic E-state index is 5.95. The van der Waals surface area contributed by atoms with E-state index in [1.807, 2.05) is 0 Å². The minimum atomic E-state index is 0.457. The zero-order valence-electron chi connectivity index (χ0n) is 12.4. The van der Waals surface area contributed by atoms with Crippen LogP contribution in [0, 0.1) is 12.8 Å². The first-order valence-electron chi connectivity index (χ1n) is 7.95. The van der Waals surface area contributed by atoms with E-state index in [0.717, 1.165) is 31.2 Å². The molecule has 0 saturated carbocycles. The lowest BCUT2D eigenvalue weighted by Crippen LogP contribution is -2.27. The summed E-state index contributed by atoms with van der Waals surface area (Å²) >= 11 is 0. The van der Waals surface area contributed by atoms with Gasteiger partial charge in [-0.25, -0.2) is 0 Å². The zero-order valence-corrected chi connectivity index (χ0v) is 12.4. The summed E-state index contributed by atoms with van der Waals surface area (Å²) in [5.41, 5.74) is 2.62. The van der Waals surface area contributed by atoms with Crippen LogP contribution in [0.5, 0.6) is 5.75 Å². The van der Waals surface area contributed by atoms with Crippen LogP contribution in [-0.4, -0.2) is 13.2 Å². The highest BCUT2D eigenvalue weighted by Gasteiger charge is 2.21. The molecule has 2 nitrogen and oxygen atoms in total. The van der Waals surface area contributed by atoms with Crippen LogP contribution in [0.3, 0.4) is 0 Å². The van der Waals surface area contributed by atoms with Gasteiger partial charge in [-0.1, -0.05) is 30.4 Å². The van der Waals surface area contributed by atoms with E-state index in [0.29, 0.717) is 6.04 Å². The van der Waals surface area contributed by atoms with Gasteiger partial charge in [0.15, 0.2) is 0 Å². The molecule has 1 aliphatic carbocycles. The fourth-order valence-electron chi connectivity index (χ4n) is 3.33. The number of hydrogen-bond donors (Lipinski definition) is 1. The van der Waals surface area contributed by atoms with Crippen LogP contribution < -0.4 is 10.1 Å². The molecule has 1 heterocycles. The summed E-state index contributed by atoms with van der Waals surface area (Å²) < 4.78 is 5.95. The number of aryl methyl sites for hydroxylation is 1. The molecule has 2 heteroatoms. The molecular weight excluding hydrogens is 246 g/mol. The number of hydrogen-bond acceptors (Lipinski definition) is 2. The van der Waals surface area contributed by atoms with Crippen molar-refractivity contribution in [1.82, 2.24) is 5.32 Å². The molecule has 2 aliphatic rings. The molecule has 0 fully saturated rings. The van der Waals surface area contributed by atoms with Crippen molar-refractivity contribution < 1.29 is 4.74 Å². The maximum Gasteiger partial charge on any atom is 0.126 e. The Morgan fingerprint density at radius 3 is 3.05 bits per heavy atom. The first-order chi connectivity index (χ1) is 9.84. The molecule has 20 heavy (non-hydrogen) atoms.